The quantitative estimate of drug-likeness (QED) is 0.786. The summed E-state index contributed by atoms with van der Waals surface area (Å²) in [6.45, 7) is 0. The van der Waals surface area contributed by atoms with Crippen LogP contribution in [-0.4, -0.2) is 16.1 Å². The van der Waals surface area contributed by atoms with E-state index in [1.54, 1.807) is 0 Å². The summed E-state index contributed by atoms with van der Waals surface area (Å²) in [6.07, 6.45) is 5.97. The summed E-state index contributed by atoms with van der Waals surface area (Å²) >= 11 is 0. The van der Waals surface area contributed by atoms with E-state index in [0.29, 0.717) is 5.69 Å². The zero-order valence-corrected chi connectivity index (χ0v) is 8.44. The highest BCUT2D eigenvalue weighted by Gasteiger charge is 2.21. The molecule has 1 aromatic rings. The summed E-state index contributed by atoms with van der Waals surface area (Å²) in [5.41, 5.74) is 7.22. The van der Waals surface area contributed by atoms with Crippen LogP contribution in [0.2, 0.25) is 0 Å². The number of aromatic nitrogens is 1. The number of nitrogens with zero attached hydrogens (tertiary/aromatic N) is 1. The molecule has 0 spiro atoms. The molecule has 4 nitrogen and oxygen atoms in total. The first-order valence-electron chi connectivity index (χ1n) is 5.14. The maximum Gasteiger partial charge on any atom is 0.337 e. The molecule has 0 aromatic carbocycles. The monoisotopic (exact) mass is 206 g/mol. The van der Waals surface area contributed by atoms with Crippen LogP contribution in [0, 0.1) is 5.92 Å². The van der Waals surface area contributed by atoms with E-state index in [4.69, 9.17) is 10.8 Å². The molecule has 1 fully saturated rings. The van der Waals surface area contributed by atoms with Gasteiger partial charge in [-0.15, -0.1) is 0 Å². The number of pyridine rings is 1. The van der Waals surface area contributed by atoms with E-state index in [9.17, 15) is 4.79 Å². The maximum atomic E-state index is 10.6. The summed E-state index contributed by atoms with van der Waals surface area (Å²) in [4.78, 5) is 14.7. The molecule has 1 saturated carbocycles. The Kier molecular flexibility index (Phi) is 2.58. The van der Waals surface area contributed by atoms with Gasteiger partial charge in [0.15, 0.2) is 0 Å². The summed E-state index contributed by atoms with van der Waals surface area (Å²) < 4.78 is 0. The highest BCUT2D eigenvalue weighted by atomic mass is 16.4. The first kappa shape index (κ1) is 9.96. The van der Waals surface area contributed by atoms with Crippen molar-refractivity contribution in [3.8, 4) is 0 Å². The lowest BCUT2D eigenvalue weighted by molar-refractivity contribution is 0.0696. The second-order valence-electron chi connectivity index (χ2n) is 4.05. The molecule has 1 aromatic heterocycles. The number of carboxylic acid groups (broad SMARTS) is 1. The second kappa shape index (κ2) is 3.88. The van der Waals surface area contributed by atoms with Gasteiger partial charge in [0.25, 0.3) is 0 Å². The Morgan fingerprint density at radius 3 is 2.87 bits per heavy atom. The number of carbonyl (C=O) groups is 1. The number of nitrogens with two attached hydrogens (primary N) is 1. The van der Waals surface area contributed by atoms with Gasteiger partial charge >= 0.3 is 5.97 Å². The number of hydrogen-bond acceptors (Lipinski definition) is 3. The van der Waals surface area contributed by atoms with Crippen molar-refractivity contribution >= 4 is 11.7 Å². The van der Waals surface area contributed by atoms with Crippen LogP contribution in [0.25, 0.3) is 0 Å². The molecule has 1 aliphatic rings. The van der Waals surface area contributed by atoms with Gasteiger partial charge in [0.1, 0.15) is 0 Å². The fraction of sp³-hybridized carbons (Fsp3) is 0.455. The van der Waals surface area contributed by atoms with Gasteiger partial charge in [0.2, 0.25) is 0 Å². The first-order chi connectivity index (χ1) is 7.16. The lowest BCUT2D eigenvalue weighted by Gasteiger charge is -2.04. The van der Waals surface area contributed by atoms with Crippen LogP contribution in [0.3, 0.4) is 0 Å². The van der Waals surface area contributed by atoms with Crippen LogP contribution in [0.5, 0.6) is 0 Å². The lowest BCUT2D eigenvalue weighted by atomic mass is 10.1. The van der Waals surface area contributed by atoms with Crippen LogP contribution in [-0.2, 0) is 6.42 Å². The minimum absolute atomic E-state index is 0.155. The Balaban J connectivity index is 2.07. The van der Waals surface area contributed by atoms with Gasteiger partial charge in [0, 0.05) is 6.20 Å². The molecule has 3 N–H and O–H groups in total. The van der Waals surface area contributed by atoms with Gasteiger partial charge in [-0.25, -0.2) is 4.79 Å². The van der Waals surface area contributed by atoms with E-state index < -0.39 is 5.97 Å². The minimum atomic E-state index is -0.983. The van der Waals surface area contributed by atoms with Crippen molar-refractivity contribution in [1.29, 1.82) is 0 Å². The lowest BCUT2D eigenvalue weighted by Crippen LogP contribution is -2.04. The standard InChI is InChI=1S/C11H14N2O2/c12-9-5-8(11(14)15)6-13-10(9)4-3-7-1-2-7/h5-7H,1-4,12H2,(H,14,15). The van der Waals surface area contributed by atoms with Crippen LogP contribution in [0.15, 0.2) is 12.3 Å². The van der Waals surface area contributed by atoms with E-state index >= 15 is 0 Å². The molecule has 80 valence electrons. The third kappa shape index (κ3) is 2.46. The molecule has 0 unspecified atom stereocenters. The molecule has 0 bridgehead atoms. The summed E-state index contributed by atoms with van der Waals surface area (Å²) in [5, 5.41) is 8.73. The van der Waals surface area contributed by atoms with E-state index in [0.717, 1.165) is 24.5 Å². The van der Waals surface area contributed by atoms with Crippen molar-refractivity contribution in [1.82, 2.24) is 4.98 Å². The van der Waals surface area contributed by atoms with Crippen molar-refractivity contribution < 1.29 is 9.90 Å². The number of hydrogen-bond donors (Lipinski definition) is 2. The van der Waals surface area contributed by atoms with Crippen LogP contribution in [0.1, 0.15) is 35.3 Å². The van der Waals surface area contributed by atoms with Gasteiger partial charge in [-0.05, 0) is 24.8 Å². The summed E-state index contributed by atoms with van der Waals surface area (Å²) in [7, 11) is 0. The Morgan fingerprint density at radius 1 is 1.60 bits per heavy atom. The maximum absolute atomic E-state index is 10.6. The third-order valence-corrected chi connectivity index (χ3v) is 2.74. The predicted octanol–water partition coefficient (Wildman–Crippen LogP) is 1.70. The van der Waals surface area contributed by atoms with Gasteiger partial charge in [-0.3, -0.25) is 4.98 Å². The van der Waals surface area contributed by atoms with Crippen molar-refractivity contribution in [3.63, 3.8) is 0 Å². The molecular weight excluding hydrogens is 192 g/mol. The Morgan fingerprint density at radius 2 is 2.33 bits per heavy atom. The largest absolute Gasteiger partial charge is 0.478 e. The van der Waals surface area contributed by atoms with Gasteiger partial charge < -0.3 is 10.8 Å². The predicted molar refractivity (Wildman–Crippen MR) is 56.7 cm³/mol. The fourth-order valence-corrected chi connectivity index (χ4v) is 1.58. The molecule has 1 aliphatic carbocycles. The summed E-state index contributed by atoms with van der Waals surface area (Å²) in [5.74, 6) is -0.145. The zero-order chi connectivity index (χ0) is 10.8. The SMILES string of the molecule is Nc1cc(C(=O)O)cnc1CCC1CC1. The minimum Gasteiger partial charge on any atom is -0.478 e. The number of rotatable bonds is 4. The Hall–Kier alpha value is -1.58. The van der Waals surface area contributed by atoms with Crippen molar-refractivity contribution in [2.24, 2.45) is 5.92 Å². The van der Waals surface area contributed by atoms with Gasteiger partial charge in [-0.2, -0.15) is 0 Å². The van der Waals surface area contributed by atoms with E-state index in [1.807, 2.05) is 0 Å². The zero-order valence-electron chi connectivity index (χ0n) is 8.44. The molecule has 1 heterocycles. The van der Waals surface area contributed by atoms with Gasteiger partial charge in [-0.1, -0.05) is 12.8 Å². The molecular formula is C11H14N2O2. The van der Waals surface area contributed by atoms with Crippen LogP contribution in [0.4, 0.5) is 5.69 Å². The van der Waals surface area contributed by atoms with Gasteiger partial charge in [0.05, 0.1) is 16.9 Å². The molecule has 0 radical (unpaired) electrons. The number of aryl methyl sites for hydroxylation is 1. The number of carboxylic acids is 1. The molecule has 4 heteroatoms. The topological polar surface area (TPSA) is 76.2 Å². The first-order valence-corrected chi connectivity index (χ1v) is 5.14. The number of aromatic carboxylic acids is 1. The highest BCUT2D eigenvalue weighted by Crippen LogP contribution is 2.33. The van der Waals surface area contributed by atoms with E-state index in [2.05, 4.69) is 4.98 Å². The van der Waals surface area contributed by atoms with Crippen molar-refractivity contribution in [2.75, 3.05) is 5.73 Å². The third-order valence-electron chi connectivity index (χ3n) is 2.74. The molecule has 15 heavy (non-hydrogen) atoms. The molecule has 0 aliphatic heterocycles. The second-order valence-corrected chi connectivity index (χ2v) is 4.05. The average Bonchev–Trinajstić information content (AvgIpc) is 2.99. The Bertz CT molecular complexity index is 386. The molecule has 0 amide bonds. The average molecular weight is 206 g/mol. The van der Waals surface area contributed by atoms with Crippen LogP contribution >= 0.6 is 0 Å². The fourth-order valence-electron chi connectivity index (χ4n) is 1.58. The molecule has 0 atom stereocenters. The molecule has 2 rings (SSSR count). The van der Waals surface area contributed by atoms with E-state index in [-0.39, 0.29) is 5.56 Å². The van der Waals surface area contributed by atoms with E-state index in [1.165, 1.54) is 25.1 Å². The highest BCUT2D eigenvalue weighted by molar-refractivity contribution is 5.88. The normalized spacial score (nSPS) is 15.2. The summed E-state index contributed by atoms with van der Waals surface area (Å²) in [6, 6.07) is 1.48. The number of anilines is 1. The Labute approximate surface area is 88.1 Å². The van der Waals surface area contributed by atoms with Crippen molar-refractivity contribution in [3.05, 3.63) is 23.5 Å². The molecule has 0 saturated heterocycles. The number of nitrogen functional groups attached to an aromatic ring is 1. The smallest absolute Gasteiger partial charge is 0.337 e. The van der Waals surface area contributed by atoms with Crippen LogP contribution < -0.4 is 5.73 Å². The van der Waals surface area contributed by atoms with Crippen molar-refractivity contribution in [2.45, 2.75) is 25.7 Å².